The SMILES string of the molecule is CCCCCC(C)(O)CCCC(CCCCCCC(=O)O)C(C)(C)O. The van der Waals surface area contributed by atoms with Crippen LogP contribution in [-0.2, 0) is 4.79 Å². The monoisotopic (exact) mass is 358 g/mol. The van der Waals surface area contributed by atoms with Crippen LogP contribution >= 0.6 is 0 Å². The number of unbranched alkanes of at least 4 members (excludes halogenated alkanes) is 5. The van der Waals surface area contributed by atoms with Crippen LogP contribution in [0.3, 0.4) is 0 Å². The molecule has 0 fully saturated rings. The maximum Gasteiger partial charge on any atom is 0.303 e. The highest BCUT2D eigenvalue weighted by Gasteiger charge is 2.27. The summed E-state index contributed by atoms with van der Waals surface area (Å²) in [6, 6.07) is 0. The van der Waals surface area contributed by atoms with Gasteiger partial charge in [-0.25, -0.2) is 0 Å². The molecule has 4 heteroatoms. The van der Waals surface area contributed by atoms with E-state index >= 15 is 0 Å². The van der Waals surface area contributed by atoms with E-state index in [1.807, 2.05) is 20.8 Å². The Morgan fingerprint density at radius 1 is 0.840 bits per heavy atom. The predicted molar refractivity (Wildman–Crippen MR) is 104 cm³/mol. The molecule has 0 spiro atoms. The Morgan fingerprint density at radius 3 is 1.96 bits per heavy atom. The number of aliphatic carboxylic acids is 1. The summed E-state index contributed by atoms with van der Waals surface area (Å²) >= 11 is 0. The van der Waals surface area contributed by atoms with Crippen LogP contribution in [0.25, 0.3) is 0 Å². The Labute approximate surface area is 155 Å². The van der Waals surface area contributed by atoms with E-state index in [1.165, 1.54) is 12.8 Å². The van der Waals surface area contributed by atoms with Gasteiger partial charge in [0, 0.05) is 6.42 Å². The van der Waals surface area contributed by atoms with Crippen molar-refractivity contribution in [2.75, 3.05) is 0 Å². The molecule has 2 unspecified atom stereocenters. The van der Waals surface area contributed by atoms with Crippen molar-refractivity contribution < 1.29 is 20.1 Å². The Bertz CT molecular complexity index is 344. The van der Waals surface area contributed by atoms with Gasteiger partial charge in [0.25, 0.3) is 0 Å². The fourth-order valence-corrected chi connectivity index (χ4v) is 3.48. The molecule has 0 heterocycles. The zero-order valence-electron chi connectivity index (χ0n) is 17.0. The first-order valence-corrected chi connectivity index (χ1v) is 10.2. The molecule has 0 amide bonds. The summed E-state index contributed by atoms with van der Waals surface area (Å²) < 4.78 is 0. The topological polar surface area (TPSA) is 77.8 Å². The lowest BCUT2D eigenvalue weighted by molar-refractivity contribution is -0.137. The smallest absolute Gasteiger partial charge is 0.303 e. The Kier molecular flexibility index (Phi) is 12.4. The van der Waals surface area contributed by atoms with Gasteiger partial charge in [-0.1, -0.05) is 51.9 Å². The van der Waals surface area contributed by atoms with E-state index in [0.29, 0.717) is 0 Å². The maximum absolute atomic E-state index is 10.5. The molecular formula is C21H42O4. The molecule has 0 saturated heterocycles. The molecule has 0 aromatic heterocycles. The minimum Gasteiger partial charge on any atom is -0.481 e. The minimum atomic E-state index is -0.722. The number of hydrogen-bond acceptors (Lipinski definition) is 3. The zero-order chi connectivity index (χ0) is 19.3. The molecule has 150 valence electrons. The highest BCUT2D eigenvalue weighted by atomic mass is 16.4. The van der Waals surface area contributed by atoms with Crippen LogP contribution in [0.15, 0.2) is 0 Å². The Balaban J connectivity index is 4.09. The van der Waals surface area contributed by atoms with Gasteiger partial charge in [0.15, 0.2) is 0 Å². The third-order valence-electron chi connectivity index (χ3n) is 5.28. The third-order valence-corrected chi connectivity index (χ3v) is 5.28. The average molecular weight is 359 g/mol. The van der Waals surface area contributed by atoms with Crippen LogP contribution < -0.4 is 0 Å². The third kappa shape index (κ3) is 14.3. The van der Waals surface area contributed by atoms with Crippen LogP contribution in [0.1, 0.15) is 111 Å². The van der Waals surface area contributed by atoms with Gasteiger partial charge in [-0.3, -0.25) is 4.79 Å². The number of carbonyl (C=O) groups is 1. The fourth-order valence-electron chi connectivity index (χ4n) is 3.48. The predicted octanol–water partition coefficient (Wildman–Crippen LogP) is 5.30. The van der Waals surface area contributed by atoms with E-state index in [2.05, 4.69) is 6.92 Å². The number of carboxylic acid groups (broad SMARTS) is 1. The molecule has 3 N–H and O–H groups in total. The standard InChI is InChI=1S/C21H42O4/c1-5-6-11-16-21(4,25)17-12-14-18(20(2,3)24)13-9-7-8-10-15-19(22)23/h18,24-25H,5-17H2,1-4H3,(H,22,23). The second-order valence-electron chi connectivity index (χ2n) is 8.54. The quantitative estimate of drug-likeness (QED) is 0.327. The number of hydrogen-bond donors (Lipinski definition) is 3. The molecule has 0 radical (unpaired) electrons. The molecule has 0 aliphatic carbocycles. The molecule has 2 atom stereocenters. The molecule has 0 aliphatic heterocycles. The van der Waals surface area contributed by atoms with Gasteiger partial charge in [-0.2, -0.15) is 0 Å². The summed E-state index contributed by atoms with van der Waals surface area (Å²) in [5, 5.41) is 29.5. The van der Waals surface area contributed by atoms with Crippen molar-refractivity contribution in [1.82, 2.24) is 0 Å². The summed E-state index contributed by atoms with van der Waals surface area (Å²) in [5.74, 6) is -0.487. The van der Waals surface area contributed by atoms with E-state index in [4.69, 9.17) is 5.11 Å². The molecule has 0 aromatic carbocycles. The summed E-state index contributed by atoms with van der Waals surface area (Å²) in [6.45, 7) is 7.86. The first-order chi connectivity index (χ1) is 11.6. The fraction of sp³-hybridized carbons (Fsp3) is 0.952. The lowest BCUT2D eigenvalue weighted by Gasteiger charge is -2.31. The van der Waals surface area contributed by atoms with Crippen LogP contribution in [-0.4, -0.2) is 32.5 Å². The number of aliphatic hydroxyl groups is 2. The van der Waals surface area contributed by atoms with Gasteiger partial charge < -0.3 is 15.3 Å². The van der Waals surface area contributed by atoms with E-state index in [0.717, 1.165) is 64.2 Å². The lowest BCUT2D eigenvalue weighted by Crippen LogP contribution is -2.31. The summed E-state index contributed by atoms with van der Waals surface area (Å²) in [5.41, 5.74) is -1.29. The molecule has 0 bridgehead atoms. The van der Waals surface area contributed by atoms with E-state index in [9.17, 15) is 15.0 Å². The van der Waals surface area contributed by atoms with Gasteiger partial charge in [0.05, 0.1) is 11.2 Å². The van der Waals surface area contributed by atoms with E-state index in [1.54, 1.807) is 0 Å². The van der Waals surface area contributed by atoms with E-state index in [-0.39, 0.29) is 12.3 Å². The van der Waals surface area contributed by atoms with Crippen LogP contribution in [0.4, 0.5) is 0 Å². The van der Waals surface area contributed by atoms with Crippen molar-refractivity contribution in [1.29, 1.82) is 0 Å². The van der Waals surface area contributed by atoms with Crippen molar-refractivity contribution in [3.05, 3.63) is 0 Å². The largest absolute Gasteiger partial charge is 0.481 e. The van der Waals surface area contributed by atoms with Gasteiger partial charge in [0.2, 0.25) is 0 Å². The number of rotatable bonds is 16. The second-order valence-corrected chi connectivity index (χ2v) is 8.54. The van der Waals surface area contributed by atoms with Crippen molar-refractivity contribution in [2.24, 2.45) is 5.92 Å². The van der Waals surface area contributed by atoms with Gasteiger partial charge in [0.1, 0.15) is 0 Å². The molecule has 0 aliphatic rings. The minimum absolute atomic E-state index is 0.235. The van der Waals surface area contributed by atoms with Crippen molar-refractivity contribution in [3.8, 4) is 0 Å². The highest BCUT2D eigenvalue weighted by molar-refractivity contribution is 5.66. The molecular weight excluding hydrogens is 316 g/mol. The molecule has 0 saturated carbocycles. The molecule has 25 heavy (non-hydrogen) atoms. The van der Waals surface area contributed by atoms with Crippen LogP contribution in [0.2, 0.25) is 0 Å². The Hall–Kier alpha value is -0.610. The number of carboxylic acids is 1. The van der Waals surface area contributed by atoms with E-state index < -0.39 is 17.2 Å². The maximum atomic E-state index is 10.5. The van der Waals surface area contributed by atoms with Gasteiger partial charge >= 0.3 is 5.97 Å². The van der Waals surface area contributed by atoms with Gasteiger partial charge in [-0.15, -0.1) is 0 Å². The first kappa shape index (κ1) is 24.4. The second kappa shape index (κ2) is 12.7. The lowest BCUT2D eigenvalue weighted by atomic mass is 9.81. The van der Waals surface area contributed by atoms with Crippen LogP contribution in [0, 0.1) is 5.92 Å². The molecule has 4 nitrogen and oxygen atoms in total. The normalized spacial score (nSPS) is 15.8. The highest BCUT2D eigenvalue weighted by Crippen LogP contribution is 2.30. The van der Waals surface area contributed by atoms with Crippen molar-refractivity contribution >= 4 is 5.97 Å². The zero-order valence-corrected chi connectivity index (χ0v) is 17.0. The first-order valence-electron chi connectivity index (χ1n) is 10.2. The van der Waals surface area contributed by atoms with Gasteiger partial charge in [-0.05, 0) is 58.8 Å². The van der Waals surface area contributed by atoms with Crippen molar-refractivity contribution in [3.63, 3.8) is 0 Å². The Morgan fingerprint density at radius 2 is 1.40 bits per heavy atom. The molecule has 0 rings (SSSR count). The van der Waals surface area contributed by atoms with Crippen LogP contribution in [0.5, 0.6) is 0 Å². The summed E-state index contributed by atoms with van der Waals surface area (Å²) in [6.07, 6.45) is 11.9. The van der Waals surface area contributed by atoms with Crippen molar-refractivity contribution in [2.45, 2.75) is 122 Å². The summed E-state index contributed by atoms with van der Waals surface area (Å²) in [4.78, 5) is 10.5. The summed E-state index contributed by atoms with van der Waals surface area (Å²) in [7, 11) is 0. The molecule has 0 aromatic rings. The average Bonchev–Trinajstić information content (AvgIpc) is 2.47.